The van der Waals surface area contributed by atoms with Gasteiger partial charge < -0.3 is 4.57 Å². The summed E-state index contributed by atoms with van der Waals surface area (Å²) in [7, 11) is 2.29. The second-order valence-corrected chi connectivity index (χ2v) is 7.55. The maximum Gasteiger partial charge on any atom is 0.0949 e. The van der Waals surface area contributed by atoms with Gasteiger partial charge in [0.2, 0.25) is 0 Å². The molecule has 4 heteroatoms. The summed E-state index contributed by atoms with van der Waals surface area (Å²) in [5, 5.41) is 0. The molecular formula is C20H28N4. The number of nitrogens with zero attached hydrogens (tertiary/aromatic N) is 4. The summed E-state index contributed by atoms with van der Waals surface area (Å²) >= 11 is 0. The molecule has 2 aliphatic heterocycles. The molecule has 4 rings (SSSR count). The second-order valence-electron chi connectivity index (χ2n) is 7.55. The Kier molecular flexibility index (Phi) is 4.19. The fourth-order valence-electron chi connectivity index (χ4n) is 4.76. The van der Waals surface area contributed by atoms with E-state index in [9.17, 15) is 0 Å². The molecule has 0 radical (unpaired) electrons. The molecule has 2 aromatic rings. The Morgan fingerprint density at radius 3 is 2.75 bits per heavy atom. The van der Waals surface area contributed by atoms with E-state index >= 15 is 0 Å². The average molecular weight is 324 g/mol. The molecule has 2 aliphatic rings. The molecule has 0 spiro atoms. The van der Waals surface area contributed by atoms with Crippen molar-refractivity contribution >= 4 is 0 Å². The van der Waals surface area contributed by atoms with Crippen molar-refractivity contribution in [3.8, 4) is 0 Å². The predicted molar refractivity (Wildman–Crippen MR) is 96.7 cm³/mol. The van der Waals surface area contributed by atoms with Crippen LogP contribution in [-0.2, 0) is 13.1 Å². The largest absolute Gasteiger partial charge is 0.337 e. The van der Waals surface area contributed by atoms with E-state index < -0.39 is 0 Å². The number of likely N-dealkylation sites (tertiary alicyclic amines) is 2. The number of hydrogen-bond acceptors (Lipinski definition) is 3. The van der Waals surface area contributed by atoms with Crippen LogP contribution in [0.2, 0.25) is 0 Å². The van der Waals surface area contributed by atoms with Crippen LogP contribution in [-0.4, -0.2) is 46.0 Å². The fraction of sp³-hybridized carbons (Fsp3) is 0.550. The van der Waals surface area contributed by atoms with Gasteiger partial charge in [0.1, 0.15) is 0 Å². The molecule has 0 saturated carbocycles. The van der Waals surface area contributed by atoms with E-state index in [0.29, 0.717) is 6.04 Å². The van der Waals surface area contributed by atoms with Crippen LogP contribution in [0.3, 0.4) is 0 Å². The highest BCUT2D eigenvalue weighted by atomic mass is 15.2. The van der Waals surface area contributed by atoms with Crippen LogP contribution >= 0.6 is 0 Å². The lowest BCUT2D eigenvalue weighted by Gasteiger charge is -2.27. The lowest BCUT2D eigenvalue weighted by molar-refractivity contribution is 0.223. The molecule has 2 saturated heterocycles. The number of imidazole rings is 1. The topological polar surface area (TPSA) is 24.3 Å². The maximum absolute atomic E-state index is 4.56. The molecule has 24 heavy (non-hydrogen) atoms. The number of aromatic nitrogens is 2. The van der Waals surface area contributed by atoms with Gasteiger partial charge in [-0.15, -0.1) is 0 Å². The minimum atomic E-state index is 0.564. The van der Waals surface area contributed by atoms with Crippen LogP contribution in [0, 0.1) is 18.8 Å². The highest BCUT2D eigenvalue weighted by Gasteiger charge is 2.46. The van der Waals surface area contributed by atoms with Gasteiger partial charge in [0.05, 0.1) is 12.0 Å². The van der Waals surface area contributed by atoms with Gasteiger partial charge in [-0.05, 0) is 43.9 Å². The molecule has 0 amide bonds. The van der Waals surface area contributed by atoms with Gasteiger partial charge >= 0.3 is 0 Å². The molecule has 1 aromatic carbocycles. The standard InChI is InChI=1S/C20H28N4/c1-4-23-11-17(21-14-23)12-24-10-16-9-22(3)20(19(16)13-24)18-8-6-5-7-15(18)2/h5-8,11,14,16,19-20H,4,9-10,12-13H2,1-3H3/t16-,19+,20-/m0/s1. The quantitative estimate of drug-likeness (QED) is 0.864. The molecule has 4 nitrogen and oxygen atoms in total. The molecular weight excluding hydrogens is 296 g/mol. The highest BCUT2D eigenvalue weighted by Crippen LogP contribution is 2.44. The summed E-state index contributed by atoms with van der Waals surface area (Å²) in [4.78, 5) is 9.74. The highest BCUT2D eigenvalue weighted by molar-refractivity contribution is 5.31. The van der Waals surface area contributed by atoms with Crippen molar-refractivity contribution in [2.75, 3.05) is 26.7 Å². The number of aryl methyl sites for hydroxylation is 2. The summed E-state index contributed by atoms with van der Waals surface area (Å²) in [6.07, 6.45) is 4.15. The summed E-state index contributed by atoms with van der Waals surface area (Å²) in [6, 6.07) is 9.48. The zero-order chi connectivity index (χ0) is 16.7. The molecule has 3 atom stereocenters. The first-order chi connectivity index (χ1) is 11.7. The van der Waals surface area contributed by atoms with Gasteiger partial charge in [0.25, 0.3) is 0 Å². The van der Waals surface area contributed by atoms with Crippen LogP contribution in [0.4, 0.5) is 0 Å². The van der Waals surface area contributed by atoms with Crippen LogP contribution in [0.5, 0.6) is 0 Å². The number of hydrogen-bond donors (Lipinski definition) is 0. The Balaban J connectivity index is 1.49. The zero-order valence-corrected chi connectivity index (χ0v) is 15.0. The molecule has 1 aromatic heterocycles. The summed E-state index contributed by atoms with van der Waals surface area (Å²) in [5.41, 5.74) is 4.15. The molecule has 0 bridgehead atoms. The van der Waals surface area contributed by atoms with Crippen LogP contribution in [0.25, 0.3) is 0 Å². The van der Waals surface area contributed by atoms with E-state index in [1.165, 1.54) is 36.5 Å². The SMILES string of the molecule is CCn1cnc(CN2C[C@@H]3CN(C)[C@@H](c4ccccc4C)[C@@H]3C2)c1. The summed E-state index contributed by atoms with van der Waals surface area (Å²) in [6.45, 7) is 10.0. The normalized spacial score (nSPS) is 27.7. The van der Waals surface area contributed by atoms with Crippen LogP contribution in [0.1, 0.15) is 29.8 Å². The van der Waals surface area contributed by atoms with Crippen molar-refractivity contribution in [2.24, 2.45) is 11.8 Å². The van der Waals surface area contributed by atoms with Crippen molar-refractivity contribution in [3.63, 3.8) is 0 Å². The first-order valence-electron chi connectivity index (χ1n) is 9.14. The maximum atomic E-state index is 4.56. The lowest BCUT2D eigenvalue weighted by Crippen LogP contribution is -2.29. The summed E-state index contributed by atoms with van der Waals surface area (Å²) < 4.78 is 2.16. The van der Waals surface area contributed by atoms with Crippen LogP contribution < -0.4 is 0 Å². The Labute approximate surface area is 145 Å². The number of benzene rings is 1. The van der Waals surface area contributed by atoms with E-state index in [0.717, 1.165) is 24.9 Å². The Morgan fingerprint density at radius 1 is 1.17 bits per heavy atom. The predicted octanol–water partition coefficient (Wildman–Crippen LogP) is 2.95. The first-order valence-corrected chi connectivity index (χ1v) is 9.14. The van der Waals surface area contributed by atoms with Gasteiger partial charge in [-0.2, -0.15) is 0 Å². The van der Waals surface area contributed by atoms with E-state index in [1.807, 2.05) is 6.33 Å². The van der Waals surface area contributed by atoms with Gasteiger partial charge in [0.15, 0.2) is 0 Å². The first kappa shape index (κ1) is 15.9. The third-order valence-corrected chi connectivity index (χ3v) is 5.91. The number of fused-ring (bicyclic) bond motifs is 1. The molecule has 0 N–H and O–H groups in total. The molecule has 0 unspecified atom stereocenters. The average Bonchev–Trinajstić information content (AvgIpc) is 3.23. The van der Waals surface area contributed by atoms with Crippen molar-refractivity contribution in [3.05, 3.63) is 53.6 Å². The minimum Gasteiger partial charge on any atom is -0.337 e. The Morgan fingerprint density at radius 2 is 2.00 bits per heavy atom. The van der Waals surface area contributed by atoms with Gasteiger partial charge in [0, 0.05) is 45.0 Å². The Hall–Kier alpha value is -1.65. The zero-order valence-electron chi connectivity index (χ0n) is 15.0. The third kappa shape index (κ3) is 2.78. The van der Waals surface area contributed by atoms with E-state index in [4.69, 9.17) is 0 Å². The molecule has 3 heterocycles. The van der Waals surface area contributed by atoms with Crippen molar-refractivity contribution < 1.29 is 0 Å². The molecule has 2 fully saturated rings. The van der Waals surface area contributed by atoms with Crippen LogP contribution in [0.15, 0.2) is 36.8 Å². The molecule has 128 valence electrons. The lowest BCUT2D eigenvalue weighted by atomic mass is 9.88. The van der Waals surface area contributed by atoms with Crippen molar-refractivity contribution in [1.29, 1.82) is 0 Å². The Bertz CT molecular complexity index is 707. The smallest absolute Gasteiger partial charge is 0.0949 e. The molecule has 0 aliphatic carbocycles. The van der Waals surface area contributed by atoms with E-state index in [2.05, 4.69) is 70.7 Å². The van der Waals surface area contributed by atoms with Gasteiger partial charge in [-0.3, -0.25) is 9.80 Å². The van der Waals surface area contributed by atoms with E-state index in [-0.39, 0.29) is 0 Å². The monoisotopic (exact) mass is 324 g/mol. The summed E-state index contributed by atoms with van der Waals surface area (Å²) in [5.74, 6) is 1.53. The van der Waals surface area contributed by atoms with Crippen molar-refractivity contribution in [1.82, 2.24) is 19.4 Å². The van der Waals surface area contributed by atoms with Gasteiger partial charge in [-0.25, -0.2) is 4.98 Å². The van der Waals surface area contributed by atoms with Gasteiger partial charge in [-0.1, -0.05) is 24.3 Å². The minimum absolute atomic E-state index is 0.564. The fourth-order valence-corrected chi connectivity index (χ4v) is 4.76. The van der Waals surface area contributed by atoms with E-state index in [1.54, 1.807) is 0 Å². The number of rotatable bonds is 4. The van der Waals surface area contributed by atoms with Crippen molar-refractivity contribution in [2.45, 2.75) is 33.0 Å². The third-order valence-electron chi connectivity index (χ3n) is 5.91. The second kappa shape index (κ2) is 6.34.